The zero-order valence-corrected chi connectivity index (χ0v) is 25.0. The third-order valence-electron chi connectivity index (χ3n) is 7.80. The minimum atomic E-state index is -1.60. The van der Waals surface area contributed by atoms with Crippen LogP contribution >= 0.6 is 23.2 Å². The summed E-state index contributed by atoms with van der Waals surface area (Å²) in [4.78, 5) is 47.6. The number of hydrogen-bond donors (Lipinski definition) is 2. The number of methoxy groups -OCH3 is 1. The first-order valence-electron chi connectivity index (χ1n) is 13.3. The minimum absolute atomic E-state index is 0.133. The molecule has 9 nitrogen and oxygen atoms in total. The smallest absolute Gasteiger partial charge is 0.280 e. The first-order valence-corrected chi connectivity index (χ1v) is 14.1. The summed E-state index contributed by atoms with van der Waals surface area (Å²) in [6.45, 7) is 5.77. The maximum atomic E-state index is 14.5. The first kappa shape index (κ1) is 27.8. The van der Waals surface area contributed by atoms with Crippen LogP contribution in [-0.4, -0.2) is 41.4 Å². The molecule has 214 valence electrons. The molecule has 2 aliphatic rings. The Morgan fingerprint density at radius 2 is 1.76 bits per heavy atom. The van der Waals surface area contributed by atoms with Crippen LogP contribution in [0.25, 0.3) is 11.4 Å². The molecular formula is C31H27Cl2N5O4. The highest BCUT2D eigenvalue weighted by atomic mass is 35.5. The Kier molecular flexibility index (Phi) is 6.55. The summed E-state index contributed by atoms with van der Waals surface area (Å²) >= 11 is 12.8. The number of amides is 3. The van der Waals surface area contributed by atoms with Crippen molar-refractivity contribution in [3.05, 3.63) is 92.7 Å². The number of hydrogen-bond acceptors (Lipinski definition) is 5. The SMILES string of the molecule is CNC(=O)c1ccc(-c2nc3c(n2C(C)C)[C@@]2(C(=O)Nc4cc(Cl)ccc42)N(c2cc(Cl)ccc2C)C3=O)c(OC)c1. The summed E-state index contributed by atoms with van der Waals surface area (Å²) in [5.74, 6) is -0.306. The number of carbonyl (C=O) groups is 3. The fourth-order valence-electron chi connectivity index (χ4n) is 5.99. The van der Waals surface area contributed by atoms with Gasteiger partial charge < -0.3 is 19.9 Å². The quantitative estimate of drug-likeness (QED) is 0.292. The highest BCUT2D eigenvalue weighted by Gasteiger charge is 2.64. The third kappa shape index (κ3) is 3.77. The molecule has 11 heteroatoms. The Balaban J connectivity index is 1.70. The van der Waals surface area contributed by atoms with Crippen LogP contribution in [0.3, 0.4) is 0 Å². The summed E-state index contributed by atoms with van der Waals surface area (Å²) in [6.07, 6.45) is 0. The normalized spacial score (nSPS) is 17.1. The summed E-state index contributed by atoms with van der Waals surface area (Å²) in [5.41, 5.74) is 2.25. The van der Waals surface area contributed by atoms with Gasteiger partial charge in [-0.3, -0.25) is 19.3 Å². The van der Waals surface area contributed by atoms with Gasteiger partial charge in [0.25, 0.3) is 17.7 Å². The fourth-order valence-corrected chi connectivity index (χ4v) is 6.33. The number of ether oxygens (including phenoxy) is 1. The summed E-state index contributed by atoms with van der Waals surface area (Å²) in [5, 5.41) is 6.45. The van der Waals surface area contributed by atoms with Crippen molar-refractivity contribution >= 4 is 52.3 Å². The third-order valence-corrected chi connectivity index (χ3v) is 8.27. The van der Waals surface area contributed by atoms with E-state index in [0.717, 1.165) is 5.56 Å². The number of aromatic nitrogens is 2. The highest BCUT2D eigenvalue weighted by molar-refractivity contribution is 6.32. The van der Waals surface area contributed by atoms with E-state index < -0.39 is 17.4 Å². The number of rotatable bonds is 5. The van der Waals surface area contributed by atoms with Gasteiger partial charge in [-0.05, 0) is 68.8 Å². The number of nitrogens with one attached hydrogen (secondary N) is 2. The Bertz CT molecular complexity index is 1830. The van der Waals surface area contributed by atoms with Crippen molar-refractivity contribution in [2.75, 3.05) is 24.4 Å². The number of fused-ring (bicyclic) bond motifs is 4. The molecule has 42 heavy (non-hydrogen) atoms. The van der Waals surface area contributed by atoms with Crippen molar-refractivity contribution in [3.8, 4) is 17.1 Å². The molecule has 2 N–H and O–H groups in total. The molecule has 6 rings (SSSR count). The molecule has 2 aliphatic heterocycles. The molecule has 3 aromatic carbocycles. The summed E-state index contributed by atoms with van der Waals surface area (Å²) in [6, 6.07) is 15.2. The summed E-state index contributed by atoms with van der Waals surface area (Å²) in [7, 11) is 3.05. The van der Waals surface area contributed by atoms with Gasteiger partial charge in [0.15, 0.2) is 11.2 Å². The Morgan fingerprint density at radius 1 is 1.05 bits per heavy atom. The van der Waals surface area contributed by atoms with Crippen LogP contribution in [0.4, 0.5) is 11.4 Å². The Morgan fingerprint density at radius 3 is 2.45 bits per heavy atom. The van der Waals surface area contributed by atoms with Gasteiger partial charge in [-0.15, -0.1) is 0 Å². The number of carbonyl (C=O) groups excluding carboxylic acids is 3. The maximum Gasteiger partial charge on any atom is 0.280 e. The van der Waals surface area contributed by atoms with Crippen molar-refractivity contribution in [3.63, 3.8) is 0 Å². The Labute approximate surface area is 252 Å². The first-order chi connectivity index (χ1) is 20.0. The average molecular weight is 604 g/mol. The van der Waals surface area contributed by atoms with Crippen molar-refractivity contribution in [1.29, 1.82) is 0 Å². The molecule has 0 fully saturated rings. The van der Waals surface area contributed by atoms with E-state index in [1.807, 2.05) is 31.4 Å². The lowest BCUT2D eigenvalue weighted by Crippen LogP contribution is -2.51. The zero-order chi connectivity index (χ0) is 30.1. The van der Waals surface area contributed by atoms with Crippen LogP contribution in [0.5, 0.6) is 5.75 Å². The lowest BCUT2D eigenvalue weighted by Gasteiger charge is -2.36. The molecule has 3 amide bonds. The van der Waals surface area contributed by atoms with E-state index in [-0.39, 0.29) is 17.6 Å². The molecule has 1 aromatic heterocycles. The van der Waals surface area contributed by atoms with Gasteiger partial charge in [-0.25, -0.2) is 4.98 Å². The van der Waals surface area contributed by atoms with Crippen LogP contribution in [0.15, 0.2) is 54.6 Å². The van der Waals surface area contributed by atoms with E-state index in [1.165, 1.54) is 12.0 Å². The van der Waals surface area contributed by atoms with Gasteiger partial charge >= 0.3 is 0 Å². The average Bonchev–Trinajstić information content (AvgIpc) is 3.57. The van der Waals surface area contributed by atoms with E-state index in [0.29, 0.717) is 55.4 Å². The molecule has 0 aliphatic carbocycles. The number of aryl methyl sites for hydroxylation is 1. The van der Waals surface area contributed by atoms with Crippen LogP contribution in [0.2, 0.25) is 10.0 Å². The minimum Gasteiger partial charge on any atom is -0.496 e. The number of imidazole rings is 1. The van der Waals surface area contributed by atoms with Gasteiger partial charge in [0, 0.05) is 39.9 Å². The van der Waals surface area contributed by atoms with Crippen molar-refractivity contribution < 1.29 is 19.1 Å². The zero-order valence-electron chi connectivity index (χ0n) is 23.5. The largest absolute Gasteiger partial charge is 0.496 e. The lowest BCUT2D eigenvalue weighted by atomic mass is 9.86. The molecular weight excluding hydrogens is 577 g/mol. The van der Waals surface area contributed by atoms with Gasteiger partial charge in [0.2, 0.25) is 0 Å². The molecule has 3 heterocycles. The standard InChI is InChI=1S/C31H27Cl2N5O4/c1-15(2)37-26-25(36-27(37)20-10-7-17(28(39)34-4)12-24(20)42-5)29(40)38(23-14-19(33)8-6-16(23)3)31(26)21-11-9-18(32)13-22(21)35-30(31)41/h6-15H,1-5H3,(H,34,39)(H,35,41)/t31-/m0/s1. The van der Waals surface area contributed by atoms with E-state index >= 15 is 0 Å². The number of benzene rings is 3. The molecule has 0 unspecified atom stereocenters. The van der Waals surface area contributed by atoms with E-state index in [9.17, 15) is 14.4 Å². The van der Waals surface area contributed by atoms with Crippen LogP contribution in [0.1, 0.15) is 57.6 Å². The topological polar surface area (TPSA) is 106 Å². The van der Waals surface area contributed by atoms with Crippen molar-refractivity contribution in [1.82, 2.24) is 14.9 Å². The second-order valence-corrected chi connectivity index (χ2v) is 11.4. The molecule has 0 bridgehead atoms. The molecule has 0 saturated heterocycles. The van der Waals surface area contributed by atoms with Crippen molar-refractivity contribution in [2.45, 2.75) is 32.4 Å². The predicted molar refractivity (Wildman–Crippen MR) is 162 cm³/mol. The summed E-state index contributed by atoms with van der Waals surface area (Å²) < 4.78 is 7.58. The molecule has 4 aromatic rings. The lowest BCUT2D eigenvalue weighted by molar-refractivity contribution is -0.119. The van der Waals surface area contributed by atoms with Gasteiger partial charge in [-0.1, -0.05) is 35.3 Å². The Hall–Kier alpha value is -4.34. The number of anilines is 2. The predicted octanol–water partition coefficient (Wildman–Crippen LogP) is 5.97. The molecule has 0 radical (unpaired) electrons. The molecule has 1 atom stereocenters. The van der Waals surface area contributed by atoms with Gasteiger partial charge in [0.1, 0.15) is 11.6 Å². The maximum absolute atomic E-state index is 14.5. The molecule has 1 spiro atoms. The van der Waals surface area contributed by atoms with E-state index in [1.54, 1.807) is 55.6 Å². The second kappa shape index (κ2) is 9.89. The van der Waals surface area contributed by atoms with Crippen molar-refractivity contribution in [2.24, 2.45) is 0 Å². The van der Waals surface area contributed by atoms with Crippen LogP contribution < -0.4 is 20.3 Å². The van der Waals surface area contributed by atoms with Gasteiger partial charge in [-0.2, -0.15) is 0 Å². The highest BCUT2D eigenvalue weighted by Crippen LogP contribution is 2.55. The van der Waals surface area contributed by atoms with Crippen LogP contribution in [-0.2, 0) is 10.3 Å². The fraction of sp³-hybridized carbons (Fsp3) is 0.226. The monoisotopic (exact) mass is 603 g/mol. The van der Waals surface area contributed by atoms with Crippen LogP contribution in [0, 0.1) is 6.92 Å². The van der Waals surface area contributed by atoms with E-state index in [2.05, 4.69) is 10.6 Å². The number of nitrogens with zero attached hydrogens (tertiary/aromatic N) is 3. The van der Waals surface area contributed by atoms with E-state index in [4.69, 9.17) is 32.9 Å². The van der Waals surface area contributed by atoms with Gasteiger partial charge in [0.05, 0.1) is 24.1 Å². The number of halogens is 2. The second-order valence-electron chi connectivity index (χ2n) is 10.5. The molecule has 0 saturated carbocycles.